The first-order valence-electron chi connectivity index (χ1n) is 8.21. The van der Waals surface area contributed by atoms with Gasteiger partial charge in [0.2, 0.25) is 17.6 Å². The lowest BCUT2D eigenvalue weighted by molar-refractivity contribution is -0.157. The number of imide groups is 1. The maximum absolute atomic E-state index is 12.4. The largest absolute Gasteiger partial charge is 0.456 e. The first kappa shape index (κ1) is 16.4. The van der Waals surface area contributed by atoms with Crippen molar-refractivity contribution in [1.82, 2.24) is 9.88 Å². The molecule has 1 saturated heterocycles. The standard InChI is InChI=1S/C17H20N2O5/c1-10(17(23)24-9-14(20)13-7-4-8-18-13)19-15(21)11-5-2-3-6-12(11)16(19)22/h4,7-8,10-12,18H,2-3,5-6,9H2,1H3/t10-,11-,12-/m0/s1. The van der Waals surface area contributed by atoms with Crippen molar-refractivity contribution >= 4 is 23.6 Å². The average molecular weight is 332 g/mol. The molecule has 7 nitrogen and oxygen atoms in total. The van der Waals surface area contributed by atoms with Gasteiger partial charge in [-0.3, -0.25) is 19.3 Å². The number of ketones is 1. The summed E-state index contributed by atoms with van der Waals surface area (Å²) in [4.78, 5) is 52.7. The molecule has 1 aromatic heterocycles. The Labute approximate surface area is 139 Å². The molecule has 1 saturated carbocycles. The molecule has 0 aromatic carbocycles. The molecular formula is C17H20N2O5. The van der Waals surface area contributed by atoms with E-state index in [2.05, 4.69) is 4.98 Å². The van der Waals surface area contributed by atoms with E-state index >= 15 is 0 Å². The number of aromatic nitrogens is 1. The summed E-state index contributed by atoms with van der Waals surface area (Å²) in [6.07, 6.45) is 4.84. The number of carbonyl (C=O) groups excluding carboxylic acids is 4. The van der Waals surface area contributed by atoms with Crippen molar-refractivity contribution in [1.29, 1.82) is 0 Å². The molecule has 3 rings (SSSR count). The summed E-state index contributed by atoms with van der Waals surface area (Å²) >= 11 is 0. The summed E-state index contributed by atoms with van der Waals surface area (Å²) in [5.41, 5.74) is 0.342. The lowest BCUT2D eigenvalue weighted by Gasteiger charge is -2.21. The zero-order valence-corrected chi connectivity index (χ0v) is 13.5. The summed E-state index contributed by atoms with van der Waals surface area (Å²) in [6.45, 7) is 1.04. The fraction of sp³-hybridized carbons (Fsp3) is 0.529. The smallest absolute Gasteiger partial charge is 0.329 e. The van der Waals surface area contributed by atoms with Gasteiger partial charge in [-0.25, -0.2) is 4.79 Å². The molecule has 3 atom stereocenters. The van der Waals surface area contributed by atoms with E-state index < -0.39 is 18.6 Å². The van der Waals surface area contributed by atoms with Gasteiger partial charge in [0.25, 0.3) is 0 Å². The monoisotopic (exact) mass is 332 g/mol. The first-order chi connectivity index (χ1) is 11.5. The van der Waals surface area contributed by atoms with E-state index in [1.165, 1.54) is 6.92 Å². The lowest BCUT2D eigenvalue weighted by Crippen LogP contribution is -2.44. The fourth-order valence-corrected chi connectivity index (χ4v) is 3.51. The fourth-order valence-electron chi connectivity index (χ4n) is 3.51. The van der Waals surface area contributed by atoms with Gasteiger partial charge in [0.05, 0.1) is 17.5 Å². The second-order valence-corrected chi connectivity index (χ2v) is 6.33. The van der Waals surface area contributed by atoms with E-state index in [1.54, 1.807) is 18.3 Å². The van der Waals surface area contributed by atoms with E-state index in [0.29, 0.717) is 18.5 Å². The van der Waals surface area contributed by atoms with Crippen molar-refractivity contribution in [3.05, 3.63) is 24.0 Å². The lowest BCUT2D eigenvalue weighted by atomic mass is 9.81. The number of carbonyl (C=O) groups is 4. The molecule has 2 aliphatic rings. The van der Waals surface area contributed by atoms with Gasteiger partial charge < -0.3 is 9.72 Å². The summed E-state index contributed by atoms with van der Waals surface area (Å²) in [7, 11) is 0. The van der Waals surface area contributed by atoms with Crippen LogP contribution in [0.3, 0.4) is 0 Å². The molecule has 0 spiro atoms. The second kappa shape index (κ2) is 6.59. The topological polar surface area (TPSA) is 96.5 Å². The Morgan fingerprint density at radius 2 is 1.88 bits per heavy atom. The normalized spacial score (nSPS) is 24.6. The molecule has 1 aliphatic heterocycles. The van der Waals surface area contributed by atoms with Crippen LogP contribution in [-0.2, 0) is 19.1 Å². The average Bonchev–Trinajstić information content (AvgIpc) is 3.20. The van der Waals surface area contributed by atoms with Crippen LogP contribution >= 0.6 is 0 Å². The number of nitrogens with one attached hydrogen (secondary N) is 1. The van der Waals surface area contributed by atoms with Crippen molar-refractivity contribution in [2.75, 3.05) is 6.61 Å². The van der Waals surface area contributed by atoms with E-state index in [4.69, 9.17) is 4.74 Å². The molecule has 1 aromatic rings. The van der Waals surface area contributed by atoms with Crippen molar-refractivity contribution in [2.45, 2.75) is 38.6 Å². The van der Waals surface area contributed by atoms with E-state index in [1.807, 2.05) is 0 Å². The van der Waals surface area contributed by atoms with Crippen LogP contribution < -0.4 is 0 Å². The van der Waals surface area contributed by atoms with Crippen LogP contribution in [0.5, 0.6) is 0 Å². The number of ether oxygens (including phenoxy) is 1. The molecule has 2 amide bonds. The number of nitrogens with zero attached hydrogens (tertiary/aromatic N) is 1. The van der Waals surface area contributed by atoms with Gasteiger partial charge in [0.1, 0.15) is 6.04 Å². The highest BCUT2D eigenvalue weighted by Crippen LogP contribution is 2.38. The minimum Gasteiger partial charge on any atom is -0.456 e. The number of esters is 1. The predicted octanol–water partition coefficient (Wildman–Crippen LogP) is 1.30. The quantitative estimate of drug-likeness (QED) is 0.498. The zero-order chi connectivity index (χ0) is 17.3. The maximum Gasteiger partial charge on any atom is 0.329 e. The molecule has 128 valence electrons. The first-order valence-corrected chi connectivity index (χ1v) is 8.21. The highest BCUT2D eigenvalue weighted by Gasteiger charge is 2.51. The highest BCUT2D eigenvalue weighted by molar-refractivity contribution is 6.08. The van der Waals surface area contributed by atoms with Crippen LogP contribution in [0.2, 0.25) is 0 Å². The summed E-state index contributed by atoms with van der Waals surface area (Å²) in [5, 5.41) is 0. The minimum atomic E-state index is -1.01. The number of likely N-dealkylation sites (tertiary alicyclic amines) is 1. The Hall–Kier alpha value is -2.44. The van der Waals surface area contributed by atoms with Gasteiger partial charge in [-0.05, 0) is 31.9 Å². The van der Waals surface area contributed by atoms with Gasteiger partial charge in [0.15, 0.2) is 6.61 Å². The van der Waals surface area contributed by atoms with Crippen molar-refractivity contribution in [2.24, 2.45) is 11.8 Å². The molecule has 1 N–H and O–H groups in total. The number of rotatable bonds is 5. The van der Waals surface area contributed by atoms with Gasteiger partial charge >= 0.3 is 5.97 Å². The maximum atomic E-state index is 12.4. The Balaban J connectivity index is 1.62. The Kier molecular flexibility index (Phi) is 4.51. The number of Topliss-reactive ketones (excluding diaryl/α,β-unsaturated/α-hetero) is 1. The summed E-state index contributed by atoms with van der Waals surface area (Å²) in [5.74, 6) is -2.29. The third kappa shape index (κ3) is 2.86. The van der Waals surface area contributed by atoms with E-state index in [0.717, 1.165) is 17.7 Å². The van der Waals surface area contributed by atoms with Gasteiger partial charge in [-0.1, -0.05) is 12.8 Å². The number of fused-ring (bicyclic) bond motifs is 1. The zero-order valence-electron chi connectivity index (χ0n) is 13.5. The van der Waals surface area contributed by atoms with Gasteiger partial charge in [-0.15, -0.1) is 0 Å². The van der Waals surface area contributed by atoms with Crippen molar-refractivity contribution in [3.63, 3.8) is 0 Å². The Morgan fingerprint density at radius 1 is 1.25 bits per heavy atom. The molecule has 24 heavy (non-hydrogen) atoms. The van der Waals surface area contributed by atoms with E-state index in [-0.39, 0.29) is 29.4 Å². The van der Waals surface area contributed by atoms with Gasteiger partial charge in [0, 0.05) is 6.20 Å². The van der Waals surface area contributed by atoms with Crippen molar-refractivity contribution in [3.8, 4) is 0 Å². The van der Waals surface area contributed by atoms with Crippen molar-refractivity contribution < 1.29 is 23.9 Å². The highest BCUT2D eigenvalue weighted by atomic mass is 16.5. The number of H-pyrrole nitrogens is 1. The van der Waals surface area contributed by atoms with E-state index in [9.17, 15) is 19.2 Å². The summed E-state index contributed by atoms with van der Waals surface area (Å²) in [6, 6.07) is 2.24. The number of amides is 2. The Bertz CT molecular complexity index is 643. The van der Waals surface area contributed by atoms with Crippen LogP contribution in [0, 0.1) is 11.8 Å². The third-order valence-corrected chi connectivity index (χ3v) is 4.85. The molecule has 2 fully saturated rings. The minimum absolute atomic E-state index is 0.287. The predicted molar refractivity (Wildman–Crippen MR) is 82.8 cm³/mol. The van der Waals surface area contributed by atoms with Gasteiger partial charge in [-0.2, -0.15) is 0 Å². The molecular weight excluding hydrogens is 312 g/mol. The molecule has 0 radical (unpaired) electrons. The third-order valence-electron chi connectivity index (χ3n) is 4.85. The number of aromatic amines is 1. The SMILES string of the molecule is C[C@@H](C(=O)OCC(=O)c1ccc[nH]1)N1C(=O)[C@H]2CCCC[C@@H]2C1=O. The molecule has 7 heteroatoms. The van der Waals surface area contributed by atoms with Crippen LogP contribution in [0.1, 0.15) is 43.1 Å². The molecule has 0 unspecified atom stereocenters. The van der Waals surface area contributed by atoms with Crippen LogP contribution in [0.15, 0.2) is 18.3 Å². The van der Waals surface area contributed by atoms with Crippen LogP contribution in [-0.4, -0.2) is 46.1 Å². The summed E-state index contributed by atoms with van der Waals surface area (Å²) < 4.78 is 5.00. The molecule has 1 aliphatic carbocycles. The van der Waals surface area contributed by atoms with Crippen LogP contribution in [0.25, 0.3) is 0 Å². The number of hydrogen-bond donors (Lipinski definition) is 1. The molecule has 2 heterocycles. The number of hydrogen-bond acceptors (Lipinski definition) is 5. The Morgan fingerprint density at radius 3 is 2.42 bits per heavy atom. The van der Waals surface area contributed by atoms with Crippen LogP contribution in [0.4, 0.5) is 0 Å². The second-order valence-electron chi connectivity index (χ2n) is 6.33. The molecule has 0 bridgehead atoms.